The Morgan fingerprint density at radius 2 is 1.32 bits per heavy atom. The molecule has 0 unspecified atom stereocenters. The second kappa shape index (κ2) is 7.44. The fourth-order valence-electron chi connectivity index (χ4n) is 1.67. The summed E-state index contributed by atoms with van der Waals surface area (Å²) in [7, 11) is 0.310. The maximum atomic E-state index is 12.7. The topological polar surface area (TPSA) is 27.7 Å². The Bertz CT molecular complexity index is 452. The van der Waals surface area contributed by atoms with Crippen LogP contribution in [-0.2, 0) is 32.1 Å². The maximum absolute atomic E-state index is 12.7. The minimum atomic E-state index is -4.85. The number of halogens is 6. The Morgan fingerprint density at radius 1 is 0.864 bits per heavy atom. The smallest absolute Gasteiger partial charge is 0.379 e. The molecule has 0 amide bonds. The van der Waals surface area contributed by atoms with Gasteiger partial charge in [-0.15, -0.1) is 0 Å². The summed E-state index contributed by atoms with van der Waals surface area (Å²) >= 11 is 0. The summed E-state index contributed by atoms with van der Waals surface area (Å²) in [5.41, 5.74) is -2.81. The Morgan fingerprint density at radius 3 is 1.68 bits per heavy atom. The van der Waals surface area contributed by atoms with Crippen LogP contribution in [0.1, 0.15) is 16.7 Å². The molecule has 1 aromatic rings. The van der Waals surface area contributed by atoms with E-state index in [9.17, 15) is 26.3 Å². The van der Waals surface area contributed by atoms with Crippen molar-refractivity contribution in [2.24, 2.45) is 0 Å². The fraction of sp³-hybridized carbons (Fsp3) is 0.500. The van der Waals surface area contributed by atoms with Crippen molar-refractivity contribution in [2.45, 2.75) is 18.8 Å². The quantitative estimate of drug-likeness (QED) is 0.583. The molecule has 1 rings (SSSR count). The Balaban J connectivity index is 2.94. The summed E-state index contributed by atoms with van der Waals surface area (Å²) in [5.74, 6) is 0. The van der Waals surface area contributed by atoms with Gasteiger partial charge in [0.2, 0.25) is 0 Å². The van der Waals surface area contributed by atoms with Crippen LogP contribution in [0.15, 0.2) is 18.2 Å². The van der Waals surface area contributed by atoms with Gasteiger partial charge in [0.1, 0.15) is 0 Å². The highest BCUT2D eigenvalue weighted by molar-refractivity contribution is 6.36. The van der Waals surface area contributed by atoms with Crippen molar-refractivity contribution >= 4 is 9.53 Å². The second-order valence-electron chi connectivity index (χ2n) is 4.29. The second-order valence-corrected chi connectivity index (χ2v) is 6.15. The van der Waals surface area contributed by atoms with Gasteiger partial charge in [-0.3, -0.25) is 0 Å². The van der Waals surface area contributed by atoms with Crippen LogP contribution in [0.5, 0.6) is 0 Å². The van der Waals surface area contributed by atoms with Gasteiger partial charge in [0, 0.05) is 20.8 Å². The average Bonchev–Trinajstić information content (AvgIpc) is 2.41. The maximum Gasteiger partial charge on any atom is 0.483 e. The molecule has 0 saturated heterocycles. The van der Waals surface area contributed by atoms with E-state index in [0.717, 1.165) is 0 Å². The Hall–Kier alpha value is -1.10. The lowest BCUT2D eigenvalue weighted by molar-refractivity contribution is -0.143. The molecular weight excluding hydrogens is 334 g/mol. The van der Waals surface area contributed by atoms with Crippen LogP contribution in [0.3, 0.4) is 0 Å². The molecule has 22 heavy (non-hydrogen) atoms. The molecule has 10 heteroatoms. The van der Waals surface area contributed by atoms with Crippen molar-refractivity contribution in [2.75, 3.05) is 20.8 Å². The van der Waals surface area contributed by atoms with E-state index < -0.39 is 33.0 Å². The van der Waals surface area contributed by atoms with Crippen LogP contribution >= 0.6 is 0 Å². The first-order chi connectivity index (χ1) is 10.1. The SMILES string of the molecule is CO[SiH](OC)OCCc1cc(C(F)(F)F)cc(C(F)(F)F)c1. The fourth-order valence-corrected chi connectivity index (χ4v) is 2.44. The molecule has 0 aromatic heterocycles. The lowest BCUT2D eigenvalue weighted by Gasteiger charge is -2.15. The van der Waals surface area contributed by atoms with Gasteiger partial charge in [-0.25, -0.2) is 0 Å². The standard InChI is InChI=1S/C12H14F6O3Si/c1-19-22(20-2)21-4-3-8-5-9(11(13,14)15)7-10(6-8)12(16,17)18/h5-7,22H,3-4H2,1-2H3. The van der Waals surface area contributed by atoms with Crippen molar-refractivity contribution in [1.29, 1.82) is 0 Å². The highest BCUT2D eigenvalue weighted by Crippen LogP contribution is 2.36. The average molecular weight is 348 g/mol. The third-order valence-electron chi connectivity index (χ3n) is 2.68. The molecule has 0 fully saturated rings. The lowest BCUT2D eigenvalue weighted by atomic mass is 10.0. The third kappa shape index (κ3) is 5.59. The molecule has 0 aliphatic rings. The van der Waals surface area contributed by atoms with E-state index >= 15 is 0 Å². The lowest BCUT2D eigenvalue weighted by Crippen LogP contribution is -2.25. The monoisotopic (exact) mass is 348 g/mol. The zero-order chi connectivity index (χ0) is 17.0. The van der Waals surface area contributed by atoms with Crippen LogP contribution < -0.4 is 0 Å². The summed E-state index contributed by atoms with van der Waals surface area (Å²) in [5, 5.41) is 0. The van der Waals surface area contributed by atoms with Gasteiger partial charge in [0.05, 0.1) is 11.1 Å². The Kier molecular flexibility index (Phi) is 6.41. The van der Waals surface area contributed by atoms with E-state index in [1.165, 1.54) is 14.2 Å². The summed E-state index contributed by atoms with van der Waals surface area (Å²) in [6.07, 6.45) is -9.83. The first kappa shape index (κ1) is 18.9. The van der Waals surface area contributed by atoms with Crippen LogP contribution in [0.2, 0.25) is 0 Å². The molecule has 126 valence electrons. The molecule has 0 atom stereocenters. The minimum Gasteiger partial charge on any atom is -0.379 e. The molecule has 3 nitrogen and oxygen atoms in total. The largest absolute Gasteiger partial charge is 0.483 e. The summed E-state index contributed by atoms with van der Waals surface area (Å²) in [6, 6.07) is 1.44. The summed E-state index contributed by atoms with van der Waals surface area (Å²) < 4.78 is 90.8. The van der Waals surface area contributed by atoms with Gasteiger partial charge in [0.25, 0.3) is 0 Å². The molecule has 1 aromatic carbocycles. The van der Waals surface area contributed by atoms with Crippen LogP contribution in [0.25, 0.3) is 0 Å². The zero-order valence-corrected chi connectivity index (χ0v) is 12.9. The van der Waals surface area contributed by atoms with E-state index in [1.807, 2.05) is 0 Å². The van der Waals surface area contributed by atoms with E-state index in [2.05, 4.69) is 0 Å². The minimum absolute atomic E-state index is 0.0895. The van der Waals surface area contributed by atoms with Gasteiger partial charge in [0.15, 0.2) is 0 Å². The van der Waals surface area contributed by atoms with Crippen molar-refractivity contribution in [3.63, 3.8) is 0 Å². The highest BCUT2D eigenvalue weighted by Gasteiger charge is 2.36. The first-order valence-electron chi connectivity index (χ1n) is 6.03. The van der Waals surface area contributed by atoms with Crippen LogP contribution in [0, 0.1) is 0 Å². The van der Waals surface area contributed by atoms with Gasteiger partial charge in [-0.2, -0.15) is 26.3 Å². The number of hydrogen-bond acceptors (Lipinski definition) is 3. The van der Waals surface area contributed by atoms with E-state index in [0.29, 0.717) is 12.1 Å². The summed E-state index contributed by atoms with van der Waals surface area (Å²) in [4.78, 5) is 0. The van der Waals surface area contributed by atoms with Crippen molar-refractivity contribution in [3.05, 3.63) is 34.9 Å². The molecule has 0 bridgehead atoms. The van der Waals surface area contributed by atoms with E-state index in [4.69, 9.17) is 13.3 Å². The number of alkyl halides is 6. The normalized spacial score (nSPS) is 13.0. The molecule has 0 radical (unpaired) electrons. The van der Waals surface area contributed by atoms with Gasteiger partial charge in [-0.05, 0) is 30.2 Å². The van der Waals surface area contributed by atoms with Gasteiger partial charge in [-0.1, -0.05) is 0 Å². The number of hydrogen-bond donors (Lipinski definition) is 0. The van der Waals surface area contributed by atoms with Gasteiger partial charge >= 0.3 is 21.9 Å². The van der Waals surface area contributed by atoms with E-state index in [1.54, 1.807) is 0 Å². The molecule has 0 saturated carbocycles. The van der Waals surface area contributed by atoms with Gasteiger partial charge < -0.3 is 13.3 Å². The molecule has 0 heterocycles. The first-order valence-corrected chi connectivity index (χ1v) is 7.45. The zero-order valence-electron chi connectivity index (χ0n) is 11.7. The van der Waals surface area contributed by atoms with Crippen molar-refractivity contribution in [3.8, 4) is 0 Å². The molecule has 0 N–H and O–H groups in total. The molecule has 0 aliphatic heterocycles. The van der Waals surface area contributed by atoms with Crippen molar-refractivity contribution in [1.82, 2.24) is 0 Å². The van der Waals surface area contributed by atoms with Crippen LogP contribution in [0.4, 0.5) is 26.3 Å². The van der Waals surface area contributed by atoms with Crippen LogP contribution in [-0.4, -0.2) is 30.4 Å². The molecule has 0 aliphatic carbocycles. The molecule has 0 spiro atoms. The number of benzene rings is 1. The number of rotatable bonds is 6. The third-order valence-corrected chi connectivity index (χ3v) is 3.95. The molecular formula is C12H14F6O3Si. The van der Waals surface area contributed by atoms with Crippen molar-refractivity contribution < 1.29 is 39.6 Å². The predicted octanol–water partition coefficient (Wildman–Crippen LogP) is 3.29. The highest BCUT2D eigenvalue weighted by atomic mass is 28.3. The predicted molar refractivity (Wildman–Crippen MR) is 67.3 cm³/mol. The van der Waals surface area contributed by atoms with E-state index in [-0.39, 0.29) is 24.7 Å². The Labute approximate surface area is 124 Å². The summed E-state index contributed by atoms with van der Waals surface area (Å²) in [6.45, 7) is -0.100.